The van der Waals surface area contributed by atoms with Crippen LogP contribution < -0.4 is 5.73 Å². The van der Waals surface area contributed by atoms with Gasteiger partial charge in [-0.05, 0) is 5.56 Å². The summed E-state index contributed by atoms with van der Waals surface area (Å²) in [5.74, 6) is -0.985. The van der Waals surface area contributed by atoms with Gasteiger partial charge in [-0.1, -0.05) is 54.6 Å². The molecule has 2 N–H and O–H groups in total. The third-order valence-electron chi connectivity index (χ3n) is 2.69. The Balaban J connectivity index is 2.23. The van der Waals surface area contributed by atoms with Gasteiger partial charge in [0, 0.05) is 17.7 Å². The minimum absolute atomic E-state index is 0.390. The first-order valence-corrected chi connectivity index (χ1v) is 5.65. The normalized spacial score (nSPS) is 10.1. The maximum absolute atomic E-state index is 12.0. The molecule has 0 fully saturated rings. The summed E-state index contributed by atoms with van der Waals surface area (Å²) in [5.41, 5.74) is 7.20. The van der Waals surface area contributed by atoms with Crippen LogP contribution in [-0.2, 0) is 6.54 Å². The SMILES string of the molecule is NCc1ccc(C(=O)C(=O)c2ccccc2)cc1. The lowest BCUT2D eigenvalue weighted by Crippen LogP contribution is -2.14. The van der Waals surface area contributed by atoms with E-state index in [0.29, 0.717) is 17.7 Å². The van der Waals surface area contributed by atoms with Gasteiger partial charge in [0.05, 0.1) is 0 Å². The highest BCUT2D eigenvalue weighted by molar-refractivity contribution is 6.49. The molecule has 0 aliphatic carbocycles. The third-order valence-corrected chi connectivity index (χ3v) is 2.69. The number of hydrogen-bond acceptors (Lipinski definition) is 3. The highest BCUT2D eigenvalue weighted by Crippen LogP contribution is 2.09. The van der Waals surface area contributed by atoms with Crippen molar-refractivity contribution in [3.8, 4) is 0 Å². The molecule has 0 aromatic heterocycles. The lowest BCUT2D eigenvalue weighted by atomic mass is 10.0. The lowest BCUT2D eigenvalue weighted by Gasteiger charge is -2.02. The summed E-state index contributed by atoms with van der Waals surface area (Å²) in [6.45, 7) is 0.418. The van der Waals surface area contributed by atoms with E-state index in [9.17, 15) is 9.59 Å². The number of hydrogen-bond donors (Lipinski definition) is 1. The molecule has 0 bridgehead atoms. The second-order valence-electron chi connectivity index (χ2n) is 3.93. The van der Waals surface area contributed by atoms with E-state index >= 15 is 0 Å². The number of Topliss-reactive ketones (excluding diaryl/α,β-unsaturated/α-hetero) is 2. The van der Waals surface area contributed by atoms with E-state index in [0.717, 1.165) is 5.56 Å². The Hall–Kier alpha value is -2.26. The highest BCUT2D eigenvalue weighted by atomic mass is 16.2. The fourth-order valence-corrected chi connectivity index (χ4v) is 1.64. The lowest BCUT2D eigenvalue weighted by molar-refractivity contribution is 0.0817. The molecule has 0 saturated heterocycles. The number of benzene rings is 2. The Morgan fingerprint density at radius 3 is 1.78 bits per heavy atom. The molecule has 90 valence electrons. The van der Waals surface area contributed by atoms with Gasteiger partial charge in [0.25, 0.3) is 0 Å². The molecule has 0 aliphatic rings. The molecule has 0 unspecified atom stereocenters. The van der Waals surface area contributed by atoms with Crippen molar-refractivity contribution < 1.29 is 9.59 Å². The highest BCUT2D eigenvalue weighted by Gasteiger charge is 2.17. The van der Waals surface area contributed by atoms with E-state index in [1.165, 1.54) is 0 Å². The predicted molar refractivity (Wildman–Crippen MR) is 69.4 cm³/mol. The summed E-state index contributed by atoms with van der Waals surface area (Å²) < 4.78 is 0. The van der Waals surface area contributed by atoms with Gasteiger partial charge in [0.1, 0.15) is 0 Å². The molecule has 2 rings (SSSR count). The van der Waals surface area contributed by atoms with Crippen LogP contribution in [0.25, 0.3) is 0 Å². The molecule has 0 heterocycles. The van der Waals surface area contributed by atoms with Gasteiger partial charge in [-0.15, -0.1) is 0 Å². The van der Waals surface area contributed by atoms with Crippen LogP contribution in [0.15, 0.2) is 54.6 Å². The van der Waals surface area contributed by atoms with Crippen LogP contribution in [0.1, 0.15) is 26.3 Å². The fraction of sp³-hybridized carbons (Fsp3) is 0.0667. The zero-order valence-corrected chi connectivity index (χ0v) is 9.80. The molecule has 2 aromatic carbocycles. The molecule has 0 amide bonds. The molecular weight excluding hydrogens is 226 g/mol. The number of ketones is 2. The van der Waals surface area contributed by atoms with Gasteiger partial charge in [-0.25, -0.2) is 0 Å². The van der Waals surface area contributed by atoms with Gasteiger partial charge in [0.15, 0.2) is 0 Å². The van der Waals surface area contributed by atoms with Crippen molar-refractivity contribution in [2.45, 2.75) is 6.54 Å². The zero-order valence-electron chi connectivity index (χ0n) is 9.80. The molecular formula is C15H13NO2. The van der Waals surface area contributed by atoms with Gasteiger partial charge in [0.2, 0.25) is 11.6 Å². The van der Waals surface area contributed by atoms with Crippen LogP contribution in [0.4, 0.5) is 0 Å². The van der Waals surface area contributed by atoms with Crippen molar-refractivity contribution in [3.63, 3.8) is 0 Å². The summed E-state index contributed by atoms with van der Waals surface area (Å²) in [4.78, 5) is 23.9. The first kappa shape index (κ1) is 12.2. The molecule has 18 heavy (non-hydrogen) atoms. The number of carbonyl (C=O) groups is 2. The molecule has 2 aromatic rings. The quantitative estimate of drug-likeness (QED) is 0.657. The van der Waals surface area contributed by atoms with Gasteiger partial charge in [-0.3, -0.25) is 9.59 Å². The van der Waals surface area contributed by atoms with E-state index in [4.69, 9.17) is 5.73 Å². The summed E-state index contributed by atoms with van der Waals surface area (Å²) in [6, 6.07) is 15.3. The van der Waals surface area contributed by atoms with Crippen molar-refractivity contribution in [2.75, 3.05) is 0 Å². The number of nitrogens with two attached hydrogens (primary N) is 1. The summed E-state index contributed by atoms with van der Waals surface area (Å²) in [6.07, 6.45) is 0. The first-order chi connectivity index (χ1) is 8.72. The number of rotatable bonds is 4. The average molecular weight is 239 g/mol. The maximum atomic E-state index is 12.0. The number of carbonyl (C=O) groups excluding carboxylic acids is 2. The maximum Gasteiger partial charge on any atom is 0.233 e. The standard InChI is InChI=1S/C15H13NO2/c16-10-11-6-8-13(9-7-11)15(18)14(17)12-4-2-1-3-5-12/h1-9H,10,16H2. The Kier molecular flexibility index (Phi) is 3.65. The van der Waals surface area contributed by atoms with Crippen molar-refractivity contribution in [1.29, 1.82) is 0 Å². The molecule has 3 heteroatoms. The van der Waals surface area contributed by atoms with E-state index in [2.05, 4.69) is 0 Å². The van der Waals surface area contributed by atoms with E-state index in [1.54, 1.807) is 54.6 Å². The summed E-state index contributed by atoms with van der Waals surface area (Å²) >= 11 is 0. The van der Waals surface area contributed by atoms with E-state index < -0.39 is 11.6 Å². The molecule has 0 saturated carbocycles. The van der Waals surface area contributed by atoms with Crippen molar-refractivity contribution in [3.05, 3.63) is 71.3 Å². The molecule has 0 aliphatic heterocycles. The smallest absolute Gasteiger partial charge is 0.233 e. The fourth-order valence-electron chi connectivity index (χ4n) is 1.64. The van der Waals surface area contributed by atoms with Gasteiger partial charge in [-0.2, -0.15) is 0 Å². The molecule has 0 radical (unpaired) electrons. The molecule has 0 spiro atoms. The largest absolute Gasteiger partial charge is 0.326 e. The Labute approximate surface area is 105 Å². The second kappa shape index (κ2) is 5.38. The first-order valence-electron chi connectivity index (χ1n) is 5.65. The summed E-state index contributed by atoms with van der Waals surface area (Å²) in [5, 5.41) is 0. The zero-order chi connectivity index (χ0) is 13.0. The Morgan fingerprint density at radius 1 is 0.778 bits per heavy atom. The van der Waals surface area contributed by atoms with Crippen LogP contribution in [-0.4, -0.2) is 11.6 Å². The monoisotopic (exact) mass is 239 g/mol. The van der Waals surface area contributed by atoms with Crippen LogP contribution in [0, 0.1) is 0 Å². The van der Waals surface area contributed by atoms with Crippen LogP contribution in [0.2, 0.25) is 0 Å². The van der Waals surface area contributed by atoms with Crippen LogP contribution >= 0.6 is 0 Å². The average Bonchev–Trinajstić information content (AvgIpc) is 2.47. The Bertz CT molecular complexity index is 559. The minimum atomic E-state index is -0.496. The van der Waals surface area contributed by atoms with Gasteiger partial charge >= 0.3 is 0 Å². The van der Waals surface area contributed by atoms with Crippen molar-refractivity contribution in [2.24, 2.45) is 5.73 Å². The van der Waals surface area contributed by atoms with E-state index in [-0.39, 0.29) is 0 Å². The minimum Gasteiger partial charge on any atom is -0.326 e. The predicted octanol–water partition coefficient (Wildman–Crippen LogP) is 2.21. The van der Waals surface area contributed by atoms with Crippen LogP contribution in [0.5, 0.6) is 0 Å². The molecule has 0 atom stereocenters. The second-order valence-corrected chi connectivity index (χ2v) is 3.93. The van der Waals surface area contributed by atoms with Gasteiger partial charge < -0.3 is 5.73 Å². The summed E-state index contributed by atoms with van der Waals surface area (Å²) in [7, 11) is 0. The van der Waals surface area contributed by atoms with Crippen molar-refractivity contribution in [1.82, 2.24) is 0 Å². The van der Waals surface area contributed by atoms with E-state index in [1.807, 2.05) is 0 Å². The topological polar surface area (TPSA) is 60.2 Å². The van der Waals surface area contributed by atoms with Crippen molar-refractivity contribution >= 4 is 11.6 Å². The third kappa shape index (κ3) is 2.52. The van der Waals surface area contributed by atoms with Crippen LogP contribution in [0.3, 0.4) is 0 Å². The Morgan fingerprint density at radius 2 is 1.28 bits per heavy atom. The molecule has 3 nitrogen and oxygen atoms in total.